The Hall–Kier alpha value is 0.335. The Morgan fingerprint density at radius 3 is 2.72 bits per heavy atom. The van der Waals surface area contributed by atoms with Gasteiger partial charge >= 0.3 is 7.12 Å². The van der Waals surface area contributed by atoms with Gasteiger partial charge in [-0.05, 0) is 54.8 Å². The summed E-state index contributed by atoms with van der Waals surface area (Å²) in [5, 5.41) is 0. The van der Waals surface area contributed by atoms with Crippen molar-refractivity contribution in [3.05, 3.63) is 0 Å². The van der Waals surface area contributed by atoms with Crippen LogP contribution in [0.15, 0.2) is 0 Å². The summed E-state index contributed by atoms with van der Waals surface area (Å²) in [6.07, 6.45) is 3.95. The van der Waals surface area contributed by atoms with Gasteiger partial charge in [-0.2, -0.15) is 11.8 Å². The molecular formula is C14H25BO2S. The first-order valence-corrected chi connectivity index (χ1v) is 8.55. The van der Waals surface area contributed by atoms with Crippen LogP contribution in [0.1, 0.15) is 40.5 Å². The fourth-order valence-corrected chi connectivity index (χ4v) is 5.05. The third-order valence-electron chi connectivity index (χ3n) is 5.70. The summed E-state index contributed by atoms with van der Waals surface area (Å²) in [6, 6.07) is 0. The maximum absolute atomic E-state index is 6.35. The van der Waals surface area contributed by atoms with Crippen molar-refractivity contribution in [2.24, 2.45) is 17.3 Å². The van der Waals surface area contributed by atoms with E-state index in [0.717, 1.165) is 18.0 Å². The van der Waals surface area contributed by atoms with E-state index in [2.05, 4.69) is 27.7 Å². The lowest BCUT2D eigenvalue weighted by molar-refractivity contribution is -0.199. The fourth-order valence-electron chi connectivity index (χ4n) is 4.40. The Kier molecular flexibility index (Phi) is 3.27. The van der Waals surface area contributed by atoms with Crippen LogP contribution in [-0.4, -0.2) is 30.3 Å². The van der Waals surface area contributed by atoms with Crippen molar-refractivity contribution in [1.29, 1.82) is 0 Å². The Bertz CT molecular complexity index is 336. The van der Waals surface area contributed by atoms with Crippen LogP contribution in [-0.2, 0) is 9.31 Å². The molecule has 1 saturated heterocycles. The molecule has 2 unspecified atom stereocenters. The highest BCUT2D eigenvalue weighted by Gasteiger charge is 2.67. The topological polar surface area (TPSA) is 18.5 Å². The molecule has 4 rings (SSSR count). The zero-order chi connectivity index (χ0) is 13.0. The molecular weight excluding hydrogens is 243 g/mol. The first-order chi connectivity index (χ1) is 8.48. The van der Waals surface area contributed by atoms with E-state index in [1.54, 1.807) is 0 Å². The van der Waals surface area contributed by atoms with E-state index < -0.39 is 0 Å². The van der Waals surface area contributed by atoms with E-state index in [9.17, 15) is 0 Å². The molecule has 0 N–H and O–H groups in total. The highest BCUT2D eigenvalue weighted by molar-refractivity contribution is 7.99. The largest absolute Gasteiger partial charge is 0.458 e. The van der Waals surface area contributed by atoms with Crippen LogP contribution in [0.5, 0.6) is 0 Å². The third-order valence-corrected chi connectivity index (χ3v) is 6.64. The van der Waals surface area contributed by atoms with Crippen molar-refractivity contribution >= 4 is 18.9 Å². The maximum Gasteiger partial charge on any atom is 0.458 e. The summed E-state index contributed by atoms with van der Waals surface area (Å²) in [4.78, 5) is 0. The predicted octanol–water partition coefficient (Wildman–Crippen LogP) is 3.47. The molecule has 18 heavy (non-hydrogen) atoms. The highest BCUT2D eigenvalue weighted by Crippen LogP contribution is 2.65. The van der Waals surface area contributed by atoms with Crippen molar-refractivity contribution in [1.82, 2.24) is 0 Å². The standard InChI is InChI=1S/C14H25BO2S/c1-5-18-7-6-15-16-12-9-10-8-11(13(10,2)3)14(12,4)17-15/h10-12H,5-9H2,1-4H3/t10?,11?,12-,14+/m1/s1. The molecule has 1 heterocycles. The van der Waals surface area contributed by atoms with E-state index in [1.807, 2.05) is 11.8 Å². The molecule has 1 aliphatic heterocycles. The number of rotatable bonds is 4. The Morgan fingerprint density at radius 2 is 2.06 bits per heavy atom. The zero-order valence-electron chi connectivity index (χ0n) is 12.1. The zero-order valence-corrected chi connectivity index (χ0v) is 12.9. The van der Waals surface area contributed by atoms with Crippen LogP contribution in [0, 0.1) is 17.3 Å². The van der Waals surface area contributed by atoms with Gasteiger partial charge in [0.05, 0.1) is 11.7 Å². The molecule has 0 aromatic carbocycles. The monoisotopic (exact) mass is 268 g/mol. The van der Waals surface area contributed by atoms with E-state index in [0.29, 0.717) is 17.4 Å². The van der Waals surface area contributed by atoms with Gasteiger partial charge in [-0.3, -0.25) is 0 Å². The first kappa shape index (κ1) is 13.3. The van der Waals surface area contributed by atoms with E-state index in [4.69, 9.17) is 9.31 Å². The third kappa shape index (κ3) is 1.79. The molecule has 4 atom stereocenters. The molecule has 2 nitrogen and oxygen atoms in total. The average molecular weight is 268 g/mol. The van der Waals surface area contributed by atoms with Crippen LogP contribution < -0.4 is 0 Å². The van der Waals surface area contributed by atoms with Gasteiger partial charge in [0.1, 0.15) is 0 Å². The number of hydrogen-bond donors (Lipinski definition) is 0. The van der Waals surface area contributed by atoms with Crippen LogP contribution >= 0.6 is 11.8 Å². The lowest BCUT2D eigenvalue weighted by Gasteiger charge is -2.64. The number of thioether (sulfide) groups is 1. The van der Waals surface area contributed by atoms with E-state index >= 15 is 0 Å². The normalized spacial score (nSPS) is 44.7. The summed E-state index contributed by atoms with van der Waals surface area (Å²) in [5.74, 6) is 3.89. The fraction of sp³-hybridized carbons (Fsp3) is 1.00. The summed E-state index contributed by atoms with van der Waals surface area (Å²) in [5.41, 5.74) is 0.446. The molecule has 102 valence electrons. The van der Waals surface area contributed by atoms with Gasteiger partial charge < -0.3 is 9.31 Å². The van der Waals surface area contributed by atoms with Crippen molar-refractivity contribution in [2.75, 3.05) is 11.5 Å². The van der Waals surface area contributed by atoms with Gasteiger partial charge in [-0.25, -0.2) is 0 Å². The van der Waals surface area contributed by atoms with Gasteiger partial charge in [0.15, 0.2) is 0 Å². The predicted molar refractivity (Wildman–Crippen MR) is 77.9 cm³/mol. The second-order valence-corrected chi connectivity index (χ2v) is 8.28. The quantitative estimate of drug-likeness (QED) is 0.574. The Balaban J connectivity index is 1.65. The molecule has 3 aliphatic carbocycles. The maximum atomic E-state index is 6.35. The molecule has 0 spiro atoms. The van der Waals surface area contributed by atoms with Gasteiger partial charge in [-0.1, -0.05) is 20.8 Å². The Labute approximate surface area is 116 Å². The van der Waals surface area contributed by atoms with E-state index in [-0.39, 0.29) is 12.7 Å². The SMILES string of the molecule is CCSCCB1O[C@@H]2CC3CC(C3(C)C)[C@]2(C)O1. The van der Waals surface area contributed by atoms with Gasteiger partial charge in [0.2, 0.25) is 0 Å². The molecule has 4 aliphatic rings. The molecule has 0 aromatic rings. The molecule has 0 radical (unpaired) electrons. The summed E-state index contributed by atoms with van der Waals surface area (Å²) in [6.45, 7) is 9.33. The summed E-state index contributed by atoms with van der Waals surface area (Å²) >= 11 is 1.98. The van der Waals surface area contributed by atoms with Crippen molar-refractivity contribution in [3.8, 4) is 0 Å². The van der Waals surface area contributed by atoms with Crippen LogP contribution in [0.2, 0.25) is 6.32 Å². The van der Waals surface area contributed by atoms with Gasteiger partial charge in [0, 0.05) is 0 Å². The molecule has 0 amide bonds. The molecule has 3 saturated carbocycles. The van der Waals surface area contributed by atoms with Crippen molar-refractivity contribution < 1.29 is 9.31 Å². The summed E-state index contributed by atoms with van der Waals surface area (Å²) < 4.78 is 12.5. The van der Waals surface area contributed by atoms with E-state index in [1.165, 1.54) is 18.6 Å². The smallest absolute Gasteiger partial charge is 0.405 e. The first-order valence-electron chi connectivity index (χ1n) is 7.39. The highest BCUT2D eigenvalue weighted by atomic mass is 32.2. The minimum Gasteiger partial charge on any atom is -0.405 e. The minimum absolute atomic E-state index is 0.0141. The van der Waals surface area contributed by atoms with Crippen LogP contribution in [0.4, 0.5) is 0 Å². The van der Waals surface area contributed by atoms with Crippen LogP contribution in [0.25, 0.3) is 0 Å². The second-order valence-electron chi connectivity index (χ2n) is 6.88. The molecule has 4 fully saturated rings. The lowest BCUT2D eigenvalue weighted by Crippen LogP contribution is -2.65. The minimum atomic E-state index is -0.0141. The lowest BCUT2D eigenvalue weighted by atomic mass is 9.43. The molecule has 2 bridgehead atoms. The molecule has 4 heteroatoms. The van der Waals surface area contributed by atoms with Crippen LogP contribution in [0.3, 0.4) is 0 Å². The number of hydrogen-bond acceptors (Lipinski definition) is 3. The second kappa shape index (κ2) is 4.42. The van der Waals surface area contributed by atoms with Gasteiger partial charge in [-0.15, -0.1) is 0 Å². The average Bonchev–Trinajstić information content (AvgIpc) is 2.64. The van der Waals surface area contributed by atoms with Crippen molar-refractivity contribution in [3.63, 3.8) is 0 Å². The molecule has 0 aromatic heterocycles. The van der Waals surface area contributed by atoms with Gasteiger partial charge in [0.25, 0.3) is 0 Å². The van der Waals surface area contributed by atoms with Crippen molar-refractivity contribution in [2.45, 2.75) is 58.6 Å². The summed E-state index contributed by atoms with van der Waals surface area (Å²) in [7, 11) is 0.0502. The Morgan fingerprint density at radius 1 is 1.28 bits per heavy atom.